The van der Waals surface area contributed by atoms with E-state index in [1.54, 1.807) is 0 Å². The van der Waals surface area contributed by atoms with Gasteiger partial charge in [-0.05, 0) is 25.3 Å². The van der Waals surface area contributed by atoms with Crippen molar-refractivity contribution in [2.45, 2.75) is 25.9 Å². The summed E-state index contributed by atoms with van der Waals surface area (Å²) in [6, 6.07) is 0. The second-order valence-electron chi connectivity index (χ2n) is 4.82. The molecule has 2 heterocycles. The van der Waals surface area contributed by atoms with Gasteiger partial charge < -0.3 is 15.3 Å². The summed E-state index contributed by atoms with van der Waals surface area (Å²) in [5, 5.41) is 12.8. The largest absolute Gasteiger partial charge is 0.391 e. The van der Waals surface area contributed by atoms with Crippen LogP contribution in [-0.2, 0) is 4.79 Å². The Hall–Kier alpha value is -0.610. The zero-order valence-electron chi connectivity index (χ0n) is 9.28. The van der Waals surface area contributed by atoms with Crippen molar-refractivity contribution >= 4 is 5.91 Å². The third-order valence-corrected chi connectivity index (χ3v) is 3.54. The number of aliphatic hydroxyl groups is 1. The van der Waals surface area contributed by atoms with Gasteiger partial charge in [-0.3, -0.25) is 4.79 Å². The van der Waals surface area contributed by atoms with Crippen molar-refractivity contribution in [2.75, 3.05) is 26.2 Å². The van der Waals surface area contributed by atoms with E-state index >= 15 is 0 Å². The van der Waals surface area contributed by atoms with Gasteiger partial charge in [0.25, 0.3) is 0 Å². The number of hydrogen-bond donors (Lipinski definition) is 2. The van der Waals surface area contributed by atoms with Crippen molar-refractivity contribution in [3.63, 3.8) is 0 Å². The number of aliphatic hydroxyl groups excluding tert-OH is 1. The Kier molecular flexibility index (Phi) is 3.26. The highest BCUT2D eigenvalue weighted by Gasteiger charge is 2.34. The van der Waals surface area contributed by atoms with Gasteiger partial charge in [-0.1, -0.05) is 6.92 Å². The molecule has 0 aliphatic carbocycles. The lowest BCUT2D eigenvalue weighted by Gasteiger charge is -2.32. The van der Waals surface area contributed by atoms with Crippen LogP contribution in [-0.4, -0.2) is 48.2 Å². The van der Waals surface area contributed by atoms with E-state index in [-0.39, 0.29) is 17.9 Å². The van der Waals surface area contributed by atoms with Crippen molar-refractivity contribution in [1.82, 2.24) is 10.2 Å². The average molecular weight is 212 g/mol. The third-order valence-electron chi connectivity index (χ3n) is 3.54. The molecule has 0 bridgehead atoms. The number of carbonyl (C=O) groups is 1. The zero-order chi connectivity index (χ0) is 10.8. The molecule has 0 spiro atoms. The van der Waals surface area contributed by atoms with E-state index < -0.39 is 0 Å². The summed E-state index contributed by atoms with van der Waals surface area (Å²) in [5.41, 5.74) is 0. The second kappa shape index (κ2) is 4.49. The summed E-state index contributed by atoms with van der Waals surface area (Å²) in [7, 11) is 0. The summed E-state index contributed by atoms with van der Waals surface area (Å²) in [5.74, 6) is 0.776. The number of likely N-dealkylation sites (tertiary alicyclic amines) is 1. The molecule has 3 atom stereocenters. The molecule has 2 aliphatic heterocycles. The van der Waals surface area contributed by atoms with E-state index in [2.05, 4.69) is 12.2 Å². The quantitative estimate of drug-likeness (QED) is 0.634. The van der Waals surface area contributed by atoms with E-state index in [1.165, 1.54) is 0 Å². The molecule has 15 heavy (non-hydrogen) atoms. The molecule has 4 heteroatoms. The van der Waals surface area contributed by atoms with Crippen molar-refractivity contribution in [2.24, 2.45) is 11.8 Å². The molecular weight excluding hydrogens is 192 g/mol. The van der Waals surface area contributed by atoms with Crippen LogP contribution in [0.5, 0.6) is 0 Å². The first-order valence-electron chi connectivity index (χ1n) is 5.86. The number of carbonyl (C=O) groups excluding carboxylic acids is 1. The molecule has 2 rings (SSSR count). The molecule has 2 aliphatic rings. The molecule has 86 valence electrons. The molecule has 0 aromatic carbocycles. The summed E-state index contributed by atoms with van der Waals surface area (Å²) in [4.78, 5) is 14.0. The van der Waals surface area contributed by atoms with Crippen LogP contribution in [0.3, 0.4) is 0 Å². The minimum Gasteiger partial charge on any atom is -0.391 e. The normalized spacial score (nSPS) is 36.9. The Bertz CT molecular complexity index is 245. The summed E-state index contributed by atoms with van der Waals surface area (Å²) in [6.45, 7) is 5.20. The maximum absolute atomic E-state index is 12.1. The number of β-amino-alcohol motifs (C(OH)–C–C–N with tert-alkyl or cyclic N) is 1. The van der Waals surface area contributed by atoms with Gasteiger partial charge in [0.2, 0.25) is 5.91 Å². The predicted molar refractivity (Wildman–Crippen MR) is 57.3 cm³/mol. The molecule has 2 fully saturated rings. The molecule has 4 nitrogen and oxygen atoms in total. The lowest BCUT2D eigenvalue weighted by molar-refractivity contribution is -0.139. The Morgan fingerprint density at radius 3 is 2.87 bits per heavy atom. The topological polar surface area (TPSA) is 52.6 Å². The molecule has 0 saturated carbocycles. The number of piperidine rings is 1. The fourth-order valence-electron chi connectivity index (χ4n) is 2.53. The molecular formula is C11H20N2O2. The number of amides is 1. The fourth-order valence-corrected chi connectivity index (χ4v) is 2.53. The lowest BCUT2D eigenvalue weighted by Crippen LogP contribution is -2.46. The zero-order valence-corrected chi connectivity index (χ0v) is 9.28. The third kappa shape index (κ3) is 2.32. The molecule has 1 amide bonds. The van der Waals surface area contributed by atoms with Gasteiger partial charge in [-0.2, -0.15) is 0 Å². The summed E-state index contributed by atoms with van der Waals surface area (Å²) < 4.78 is 0. The fraction of sp³-hybridized carbons (Fsp3) is 0.909. The van der Waals surface area contributed by atoms with Gasteiger partial charge >= 0.3 is 0 Å². The van der Waals surface area contributed by atoms with Crippen LogP contribution in [0.25, 0.3) is 0 Å². The minimum absolute atomic E-state index is 0.121. The first kappa shape index (κ1) is 10.9. The van der Waals surface area contributed by atoms with E-state index in [0.717, 1.165) is 32.5 Å². The lowest BCUT2D eigenvalue weighted by atomic mass is 9.95. The van der Waals surface area contributed by atoms with Crippen LogP contribution in [0.4, 0.5) is 0 Å². The Balaban J connectivity index is 1.94. The van der Waals surface area contributed by atoms with Gasteiger partial charge in [0.1, 0.15) is 0 Å². The van der Waals surface area contributed by atoms with E-state index in [1.807, 2.05) is 4.90 Å². The molecule has 2 saturated heterocycles. The predicted octanol–water partition coefficient (Wildman–Crippen LogP) is -0.175. The standard InChI is InChI=1S/C11H20N2O2/c1-8-5-12-6-10(8)11(15)13-4-2-3-9(14)7-13/h8-10,12,14H,2-7H2,1H3/t8?,9-,10?/m0/s1. The summed E-state index contributed by atoms with van der Waals surface area (Å²) in [6.07, 6.45) is 1.45. The van der Waals surface area contributed by atoms with Gasteiger partial charge in [0.15, 0.2) is 0 Å². The maximum atomic E-state index is 12.1. The Labute approximate surface area is 90.6 Å². The highest BCUT2D eigenvalue weighted by atomic mass is 16.3. The van der Waals surface area contributed by atoms with Crippen molar-refractivity contribution in [3.05, 3.63) is 0 Å². The van der Waals surface area contributed by atoms with Crippen LogP contribution in [0.2, 0.25) is 0 Å². The number of nitrogens with zero attached hydrogens (tertiary/aromatic N) is 1. The molecule has 0 radical (unpaired) electrons. The number of hydrogen-bond acceptors (Lipinski definition) is 3. The van der Waals surface area contributed by atoms with E-state index in [4.69, 9.17) is 0 Å². The highest BCUT2D eigenvalue weighted by Crippen LogP contribution is 2.21. The van der Waals surface area contributed by atoms with Crippen LogP contribution >= 0.6 is 0 Å². The Morgan fingerprint density at radius 1 is 1.47 bits per heavy atom. The van der Waals surface area contributed by atoms with Gasteiger partial charge in [0, 0.05) is 19.6 Å². The first-order chi connectivity index (χ1) is 7.18. The molecule has 2 unspecified atom stereocenters. The van der Waals surface area contributed by atoms with Gasteiger partial charge in [0.05, 0.1) is 12.0 Å². The van der Waals surface area contributed by atoms with Crippen molar-refractivity contribution in [3.8, 4) is 0 Å². The van der Waals surface area contributed by atoms with Gasteiger partial charge in [-0.25, -0.2) is 0 Å². The minimum atomic E-state index is -0.313. The smallest absolute Gasteiger partial charge is 0.227 e. The highest BCUT2D eigenvalue weighted by molar-refractivity contribution is 5.79. The second-order valence-corrected chi connectivity index (χ2v) is 4.82. The first-order valence-corrected chi connectivity index (χ1v) is 5.86. The van der Waals surface area contributed by atoms with Crippen LogP contribution in [0.1, 0.15) is 19.8 Å². The van der Waals surface area contributed by atoms with E-state index in [0.29, 0.717) is 12.5 Å². The molecule has 0 aromatic heterocycles. The maximum Gasteiger partial charge on any atom is 0.227 e. The Morgan fingerprint density at radius 2 is 2.27 bits per heavy atom. The number of nitrogens with one attached hydrogen (secondary N) is 1. The van der Waals surface area contributed by atoms with E-state index in [9.17, 15) is 9.90 Å². The summed E-state index contributed by atoms with van der Waals surface area (Å²) >= 11 is 0. The van der Waals surface area contributed by atoms with Crippen molar-refractivity contribution in [1.29, 1.82) is 0 Å². The van der Waals surface area contributed by atoms with Crippen molar-refractivity contribution < 1.29 is 9.90 Å². The van der Waals surface area contributed by atoms with Gasteiger partial charge in [-0.15, -0.1) is 0 Å². The molecule has 0 aromatic rings. The SMILES string of the molecule is CC1CNCC1C(=O)N1CCC[C@H](O)C1. The monoisotopic (exact) mass is 212 g/mol. The van der Waals surface area contributed by atoms with Crippen LogP contribution < -0.4 is 5.32 Å². The van der Waals surface area contributed by atoms with Crippen LogP contribution in [0, 0.1) is 11.8 Å². The van der Waals surface area contributed by atoms with Crippen LogP contribution in [0.15, 0.2) is 0 Å². The molecule has 2 N–H and O–H groups in total. The number of rotatable bonds is 1. The average Bonchev–Trinajstić information content (AvgIpc) is 2.63.